The minimum Gasteiger partial charge on any atom is -0.351 e. The average Bonchev–Trinajstić information content (AvgIpc) is 3.21. The SMILES string of the molecule is CN1C(=O)C(NC(=O)c2cc3cc(Cl)ccc3[nH]2)N=C(c2ccccc2F)c2ccccc21. The van der Waals surface area contributed by atoms with Crippen molar-refractivity contribution in [3.63, 3.8) is 0 Å². The third kappa shape index (κ3) is 3.76. The van der Waals surface area contributed by atoms with Gasteiger partial charge in [-0.1, -0.05) is 41.9 Å². The minimum atomic E-state index is -1.25. The number of likely N-dealkylation sites (N-methyl/N-ethyl adjacent to an activating group) is 1. The number of fused-ring (bicyclic) bond motifs is 2. The number of hydrogen-bond acceptors (Lipinski definition) is 3. The number of hydrogen-bond donors (Lipinski definition) is 2. The van der Waals surface area contributed by atoms with E-state index >= 15 is 0 Å². The van der Waals surface area contributed by atoms with Crippen LogP contribution in [-0.2, 0) is 4.79 Å². The molecule has 0 aliphatic carbocycles. The maximum Gasteiger partial charge on any atom is 0.272 e. The Morgan fingerprint density at radius 1 is 1.06 bits per heavy atom. The first-order valence-corrected chi connectivity index (χ1v) is 10.6. The van der Waals surface area contributed by atoms with Gasteiger partial charge in [-0.15, -0.1) is 0 Å². The van der Waals surface area contributed by atoms with Crippen LogP contribution in [-0.4, -0.2) is 35.7 Å². The quantitative estimate of drug-likeness (QED) is 0.471. The lowest BCUT2D eigenvalue weighted by molar-refractivity contribution is -0.119. The number of nitrogens with one attached hydrogen (secondary N) is 2. The predicted molar refractivity (Wildman–Crippen MR) is 126 cm³/mol. The predicted octanol–water partition coefficient (Wildman–Crippen LogP) is 4.53. The van der Waals surface area contributed by atoms with Crippen molar-refractivity contribution in [2.75, 3.05) is 11.9 Å². The third-order valence-corrected chi connectivity index (χ3v) is 5.80. The average molecular weight is 461 g/mol. The van der Waals surface area contributed by atoms with Crippen LogP contribution < -0.4 is 10.2 Å². The van der Waals surface area contributed by atoms with Gasteiger partial charge in [0.25, 0.3) is 11.8 Å². The summed E-state index contributed by atoms with van der Waals surface area (Å²) < 4.78 is 14.7. The number of halogens is 2. The summed E-state index contributed by atoms with van der Waals surface area (Å²) in [5, 5.41) is 3.99. The molecule has 33 heavy (non-hydrogen) atoms. The lowest BCUT2D eigenvalue weighted by atomic mass is 10.00. The number of aromatic nitrogens is 1. The highest BCUT2D eigenvalue weighted by Gasteiger charge is 2.32. The zero-order valence-electron chi connectivity index (χ0n) is 17.5. The molecule has 1 unspecified atom stereocenters. The maximum absolute atomic E-state index is 14.7. The van der Waals surface area contributed by atoms with Gasteiger partial charge in [0, 0.05) is 34.1 Å². The van der Waals surface area contributed by atoms with E-state index in [1.54, 1.807) is 73.8 Å². The number of nitrogens with zero attached hydrogens (tertiary/aromatic N) is 2. The monoisotopic (exact) mass is 460 g/mol. The van der Waals surface area contributed by atoms with Crippen molar-refractivity contribution >= 4 is 45.7 Å². The van der Waals surface area contributed by atoms with Crippen molar-refractivity contribution < 1.29 is 14.0 Å². The van der Waals surface area contributed by atoms with Crippen LogP contribution in [0, 0.1) is 5.82 Å². The van der Waals surface area contributed by atoms with E-state index in [0.717, 1.165) is 10.9 Å². The Labute approximate surface area is 193 Å². The van der Waals surface area contributed by atoms with Gasteiger partial charge in [0.05, 0.1) is 11.4 Å². The van der Waals surface area contributed by atoms with Crippen LogP contribution in [0.3, 0.4) is 0 Å². The summed E-state index contributed by atoms with van der Waals surface area (Å²) in [5.74, 6) is -1.43. The number of para-hydroxylation sites is 1. The van der Waals surface area contributed by atoms with Gasteiger partial charge >= 0.3 is 0 Å². The van der Waals surface area contributed by atoms with E-state index in [1.807, 2.05) is 0 Å². The Morgan fingerprint density at radius 2 is 1.79 bits per heavy atom. The van der Waals surface area contributed by atoms with Crippen LogP contribution in [0.2, 0.25) is 5.02 Å². The van der Waals surface area contributed by atoms with Crippen LogP contribution in [0.4, 0.5) is 10.1 Å². The highest BCUT2D eigenvalue weighted by atomic mass is 35.5. The Bertz CT molecular complexity index is 1450. The Hall–Kier alpha value is -3.97. The molecule has 2 N–H and O–H groups in total. The summed E-state index contributed by atoms with van der Waals surface area (Å²) in [6.45, 7) is 0. The van der Waals surface area contributed by atoms with Gasteiger partial charge in [-0.25, -0.2) is 9.38 Å². The number of anilines is 1. The minimum absolute atomic E-state index is 0.243. The molecule has 0 radical (unpaired) electrons. The summed E-state index contributed by atoms with van der Waals surface area (Å²) in [5.41, 5.74) is 2.68. The van der Waals surface area contributed by atoms with Crippen molar-refractivity contribution in [3.05, 3.63) is 100 Å². The van der Waals surface area contributed by atoms with E-state index in [-0.39, 0.29) is 17.0 Å². The molecule has 0 saturated heterocycles. The van der Waals surface area contributed by atoms with E-state index in [2.05, 4.69) is 15.3 Å². The molecule has 2 amide bonds. The van der Waals surface area contributed by atoms with Crippen LogP contribution in [0.1, 0.15) is 21.6 Å². The summed E-state index contributed by atoms with van der Waals surface area (Å²) in [6.07, 6.45) is -1.25. The molecule has 5 rings (SSSR count). The molecule has 0 spiro atoms. The fraction of sp³-hybridized carbons (Fsp3) is 0.0800. The number of rotatable bonds is 3. The second-order valence-electron chi connectivity index (χ2n) is 7.66. The molecule has 4 aromatic rings. The standard InChI is InChI=1S/C25H18ClFN4O2/c1-31-21-9-5-3-7-17(21)22(16-6-2-4-8-18(16)27)29-23(25(31)33)30-24(32)20-13-14-12-15(26)10-11-19(14)28-20/h2-13,23,28H,1H3,(H,30,32). The number of benzene rings is 3. The van der Waals surface area contributed by atoms with Crippen LogP contribution >= 0.6 is 11.6 Å². The lowest BCUT2D eigenvalue weighted by Crippen LogP contribution is -2.46. The molecule has 1 aliphatic rings. The zero-order chi connectivity index (χ0) is 23.1. The molecule has 2 heterocycles. The maximum atomic E-state index is 14.7. The van der Waals surface area contributed by atoms with Crippen molar-refractivity contribution in [1.82, 2.24) is 10.3 Å². The highest BCUT2D eigenvalue weighted by Crippen LogP contribution is 2.28. The number of H-pyrrole nitrogens is 1. The topological polar surface area (TPSA) is 77.6 Å². The van der Waals surface area contributed by atoms with E-state index in [0.29, 0.717) is 16.3 Å². The number of aromatic amines is 1. The summed E-state index contributed by atoms with van der Waals surface area (Å²) in [7, 11) is 1.60. The first-order chi connectivity index (χ1) is 15.9. The Kier molecular flexibility index (Phi) is 5.18. The van der Waals surface area contributed by atoms with E-state index in [9.17, 15) is 14.0 Å². The Morgan fingerprint density at radius 3 is 2.58 bits per heavy atom. The fourth-order valence-corrected chi connectivity index (χ4v) is 4.09. The molecule has 1 atom stereocenters. The molecule has 164 valence electrons. The molecule has 0 bridgehead atoms. The highest BCUT2D eigenvalue weighted by molar-refractivity contribution is 6.31. The summed E-state index contributed by atoms with van der Waals surface area (Å²) in [4.78, 5) is 35.2. The summed E-state index contributed by atoms with van der Waals surface area (Å²) in [6, 6.07) is 20.2. The van der Waals surface area contributed by atoms with Crippen LogP contribution in [0.25, 0.3) is 10.9 Å². The van der Waals surface area contributed by atoms with Crippen LogP contribution in [0.15, 0.2) is 77.8 Å². The smallest absolute Gasteiger partial charge is 0.272 e. The van der Waals surface area contributed by atoms with Gasteiger partial charge in [0.1, 0.15) is 11.5 Å². The molecule has 0 saturated carbocycles. The van der Waals surface area contributed by atoms with E-state index in [1.165, 1.54) is 11.0 Å². The number of aliphatic imine (C=N–C) groups is 1. The number of benzodiazepines with no additional fused rings is 1. The van der Waals surface area contributed by atoms with Crippen molar-refractivity contribution in [3.8, 4) is 0 Å². The molecular formula is C25H18ClFN4O2. The second kappa shape index (κ2) is 8.18. The normalized spacial score (nSPS) is 15.7. The van der Waals surface area contributed by atoms with Gasteiger partial charge in [-0.2, -0.15) is 0 Å². The molecular weight excluding hydrogens is 443 g/mol. The first-order valence-electron chi connectivity index (χ1n) is 10.2. The fourth-order valence-electron chi connectivity index (χ4n) is 3.91. The molecule has 8 heteroatoms. The van der Waals surface area contributed by atoms with Gasteiger partial charge in [-0.05, 0) is 42.5 Å². The molecule has 0 fully saturated rings. The molecule has 1 aromatic heterocycles. The molecule has 3 aromatic carbocycles. The summed E-state index contributed by atoms with van der Waals surface area (Å²) >= 11 is 6.03. The van der Waals surface area contributed by atoms with Gasteiger partial charge in [-0.3, -0.25) is 9.59 Å². The van der Waals surface area contributed by atoms with Crippen molar-refractivity contribution in [1.29, 1.82) is 0 Å². The lowest BCUT2D eigenvalue weighted by Gasteiger charge is -2.20. The zero-order valence-corrected chi connectivity index (χ0v) is 18.2. The number of carbonyl (C=O) groups excluding carboxylic acids is 2. The van der Waals surface area contributed by atoms with Crippen molar-refractivity contribution in [2.45, 2.75) is 6.17 Å². The van der Waals surface area contributed by atoms with E-state index < -0.39 is 23.8 Å². The molecule has 1 aliphatic heterocycles. The van der Waals surface area contributed by atoms with Crippen LogP contribution in [0.5, 0.6) is 0 Å². The third-order valence-electron chi connectivity index (χ3n) is 5.57. The first kappa shape index (κ1) is 20.9. The number of carbonyl (C=O) groups is 2. The van der Waals surface area contributed by atoms with Gasteiger partial charge < -0.3 is 15.2 Å². The Balaban J connectivity index is 1.57. The molecule has 6 nitrogen and oxygen atoms in total. The second-order valence-corrected chi connectivity index (χ2v) is 8.10. The largest absolute Gasteiger partial charge is 0.351 e. The van der Waals surface area contributed by atoms with Crippen molar-refractivity contribution in [2.24, 2.45) is 4.99 Å². The van der Waals surface area contributed by atoms with Gasteiger partial charge in [0.2, 0.25) is 6.17 Å². The van der Waals surface area contributed by atoms with E-state index in [4.69, 9.17) is 11.6 Å². The van der Waals surface area contributed by atoms with Gasteiger partial charge in [0.15, 0.2) is 0 Å². The number of amides is 2.